The Morgan fingerprint density at radius 1 is 1.33 bits per heavy atom. The largest absolute Gasteiger partial charge is 0.389 e. The Bertz CT molecular complexity index is 618. The Kier molecular flexibility index (Phi) is 5.09. The minimum Gasteiger partial charge on any atom is -0.389 e. The highest BCUT2D eigenvalue weighted by molar-refractivity contribution is 7.80. The van der Waals surface area contributed by atoms with E-state index in [1.165, 1.54) is 5.56 Å². The summed E-state index contributed by atoms with van der Waals surface area (Å²) in [4.78, 5) is 2.67. The van der Waals surface area contributed by atoms with E-state index in [1.807, 2.05) is 29.1 Å². The highest BCUT2D eigenvalue weighted by Crippen LogP contribution is 2.11. The Hall–Kier alpha value is -1.72. The summed E-state index contributed by atoms with van der Waals surface area (Å²) in [5.41, 5.74) is 8.87. The average molecular weight is 302 g/mol. The van der Waals surface area contributed by atoms with Gasteiger partial charge in [-0.05, 0) is 38.6 Å². The van der Waals surface area contributed by atoms with Crippen molar-refractivity contribution in [3.63, 3.8) is 0 Å². The number of benzene rings is 1. The summed E-state index contributed by atoms with van der Waals surface area (Å²) < 4.78 is 1.98. The van der Waals surface area contributed by atoms with E-state index in [4.69, 9.17) is 18.0 Å². The third-order valence-electron chi connectivity index (χ3n) is 3.29. The summed E-state index contributed by atoms with van der Waals surface area (Å²) in [5.74, 6) is 0. The maximum absolute atomic E-state index is 5.67. The van der Waals surface area contributed by atoms with Crippen LogP contribution < -0.4 is 5.73 Å². The molecule has 0 saturated heterocycles. The number of aromatic nitrogens is 2. The number of thiocarbonyl (C=S) groups is 1. The van der Waals surface area contributed by atoms with Crippen molar-refractivity contribution in [3.05, 3.63) is 53.3 Å². The maximum Gasteiger partial charge on any atom is 0.103 e. The average Bonchev–Trinajstić information content (AvgIpc) is 2.87. The molecule has 0 atom stereocenters. The van der Waals surface area contributed by atoms with Crippen LogP contribution >= 0.6 is 12.2 Å². The van der Waals surface area contributed by atoms with Crippen molar-refractivity contribution < 1.29 is 0 Å². The molecule has 0 amide bonds. The fraction of sp³-hybridized carbons (Fsp3) is 0.375. The Balaban J connectivity index is 1.99. The van der Waals surface area contributed by atoms with Gasteiger partial charge in [0.2, 0.25) is 0 Å². The van der Waals surface area contributed by atoms with Gasteiger partial charge in [0.15, 0.2) is 0 Å². The van der Waals surface area contributed by atoms with Crippen LogP contribution in [-0.4, -0.2) is 26.7 Å². The minimum atomic E-state index is 0.395. The molecule has 1 aromatic heterocycles. The predicted octanol–water partition coefficient (Wildman–Crippen LogP) is 2.73. The van der Waals surface area contributed by atoms with Gasteiger partial charge < -0.3 is 5.73 Å². The third kappa shape index (κ3) is 4.37. The van der Waals surface area contributed by atoms with Gasteiger partial charge in [-0.1, -0.05) is 30.4 Å². The Morgan fingerprint density at radius 2 is 2.10 bits per heavy atom. The van der Waals surface area contributed by atoms with Crippen LogP contribution in [0.2, 0.25) is 0 Å². The van der Waals surface area contributed by atoms with Crippen LogP contribution in [-0.2, 0) is 13.1 Å². The molecular weight excluding hydrogens is 280 g/mol. The molecule has 0 saturated carbocycles. The zero-order chi connectivity index (χ0) is 15.4. The molecule has 0 aliphatic heterocycles. The lowest BCUT2D eigenvalue weighted by Gasteiger charge is -2.16. The molecule has 112 valence electrons. The molecular formula is C16H22N4S. The van der Waals surface area contributed by atoms with Crippen molar-refractivity contribution >= 4 is 17.2 Å². The smallest absolute Gasteiger partial charge is 0.103 e. The van der Waals surface area contributed by atoms with Gasteiger partial charge in [0, 0.05) is 30.9 Å². The second kappa shape index (κ2) is 6.83. The van der Waals surface area contributed by atoms with Crippen molar-refractivity contribution in [2.45, 2.75) is 33.0 Å². The lowest BCUT2D eigenvalue weighted by atomic mass is 10.1. The van der Waals surface area contributed by atoms with Gasteiger partial charge in [-0.25, -0.2) is 0 Å². The number of hydrogen-bond donors (Lipinski definition) is 1. The van der Waals surface area contributed by atoms with Crippen LogP contribution in [0.5, 0.6) is 0 Å². The highest BCUT2D eigenvalue weighted by Gasteiger charge is 2.07. The molecule has 0 aliphatic carbocycles. The molecule has 1 heterocycles. The standard InChI is InChI=1S/C16H22N4S/c1-12(2)20-8-7-15(18-20)11-19(3)10-13-5-4-6-14(9-13)16(17)21/h4-9,12H,10-11H2,1-3H3,(H2,17,21). The van der Waals surface area contributed by atoms with Crippen LogP contribution in [0.3, 0.4) is 0 Å². The SMILES string of the molecule is CC(C)n1ccc(CN(C)Cc2cccc(C(N)=S)c2)n1. The second-order valence-electron chi connectivity index (χ2n) is 5.62. The molecule has 0 fully saturated rings. The Labute approximate surface area is 131 Å². The number of nitrogens with zero attached hydrogens (tertiary/aromatic N) is 3. The van der Waals surface area contributed by atoms with Gasteiger partial charge >= 0.3 is 0 Å². The first kappa shape index (κ1) is 15.7. The van der Waals surface area contributed by atoms with Gasteiger partial charge in [0.1, 0.15) is 4.99 Å². The van der Waals surface area contributed by atoms with Gasteiger partial charge in [-0.2, -0.15) is 5.10 Å². The van der Waals surface area contributed by atoms with Gasteiger partial charge in [0.25, 0.3) is 0 Å². The molecule has 0 bridgehead atoms. The first-order valence-corrected chi connectivity index (χ1v) is 7.48. The van der Waals surface area contributed by atoms with Crippen molar-refractivity contribution in [1.29, 1.82) is 0 Å². The molecule has 0 unspecified atom stereocenters. The molecule has 21 heavy (non-hydrogen) atoms. The summed E-state index contributed by atoms with van der Waals surface area (Å²) in [6, 6.07) is 10.5. The molecule has 4 nitrogen and oxygen atoms in total. The molecule has 2 rings (SSSR count). The van der Waals surface area contributed by atoms with E-state index in [9.17, 15) is 0 Å². The van der Waals surface area contributed by atoms with Crippen LogP contribution in [0.25, 0.3) is 0 Å². The van der Waals surface area contributed by atoms with Crippen molar-refractivity contribution in [2.24, 2.45) is 5.73 Å². The molecule has 0 radical (unpaired) electrons. The van der Waals surface area contributed by atoms with Crippen molar-refractivity contribution in [3.8, 4) is 0 Å². The van der Waals surface area contributed by atoms with Crippen LogP contribution in [0, 0.1) is 0 Å². The quantitative estimate of drug-likeness (QED) is 0.834. The number of nitrogens with two attached hydrogens (primary N) is 1. The summed E-state index contributed by atoms with van der Waals surface area (Å²) >= 11 is 5.02. The van der Waals surface area contributed by atoms with E-state index in [2.05, 4.69) is 43.0 Å². The van der Waals surface area contributed by atoms with Crippen LogP contribution in [0.4, 0.5) is 0 Å². The summed E-state index contributed by atoms with van der Waals surface area (Å²) in [7, 11) is 2.09. The van der Waals surface area contributed by atoms with E-state index >= 15 is 0 Å². The minimum absolute atomic E-state index is 0.395. The van der Waals surface area contributed by atoms with Gasteiger partial charge in [-0.3, -0.25) is 9.58 Å². The predicted molar refractivity (Wildman–Crippen MR) is 90.1 cm³/mol. The van der Waals surface area contributed by atoms with Crippen LogP contribution in [0.15, 0.2) is 36.5 Å². The van der Waals surface area contributed by atoms with Crippen molar-refractivity contribution in [2.75, 3.05) is 7.05 Å². The fourth-order valence-corrected chi connectivity index (χ4v) is 2.34. The lowest BCUT2D eigenvalue weighted by molar-refractivity contribution is 0.312. The zero-order valence-corrected chi connectivity index (χ0v) is 13.6. The molecule has 0 aliphatic rings. The van der Waals surface area contributed by atoms with E-state index in [0.717, 1.165) is 24.3 Å². The van der Waals surface area contributed by atoms with Gasteiger partial charge in [0.05, 0.1) is 5.69 Å². The molecule has 2 aromatic rings. The highest BCUT2D eigenvalue weighted by atomic mass is 32.1. The summed E-state index contributed by atoms with van der Waals surface area (Å²) in [5, 5.41) is 4.57. The lowest BCUT2D eigenvalue weighted by Crippen LogP contribution is -2.18. The van der Waals surface area contributed by atoms with E-state index in [-0.39, 0.29) is 0 Å². The normalized spacial score (nSPS) is 11.3. The van der Waals surface area contributed by atoms with E-state index in [1.54, 1.807) is 0 Å². The summed E-state index contributed by atoms with van der Waals surface area (Å²) in [6.45, 7) is 5.91. The second-order valence-corrected chi connectivity index (χ2v) is 6.06. The maximum atomic E-state index is 5.67. The first-order chi connectivity index (χ1) is 9.95. The molecule has 5 heteroatoms. The topological polar surface area (TPSA) is 47.1 Å². The van der Waals surface area contributed by atoms with E-state index in [0.29, 0.717) is 11.0 Å². The van der Waals surface area contributed by atoms with Gasteiger partial charge in [-0.15, -0.1) is 0 Å². The molecule has 1 aromatic carbocycles. The molecule has 2 N–H and O–H groups in total. The Morgan fingerprint density at radius 3 is 2.71 bits per heavy atom. The monoisotopic (exact) mass is 302 g/mol. The number of hydrogen-bond acceptors (Lipinski definition) is 3. The molecule has 0 spiro atoms. The van der Waals surface area contributed by atoms with E-state index < -0.39 is 0 Å². The third-order valence-corrected chi connectivity index (χ3v) is 3.52. The van der Waals surface area contributed by atoms with Crippen molar-refractivity contribution in [1.82, 2.24) is 14.7 Å². The summed E-state index contributed by atoms with van der Waals surface area (Å²) in [6.07, 6.45) is 2.03. The number of rotatable bonds is 6. The first-order valence-electron chi connectivity index (χ1n) is 7.07. The zero-order valence-electron chi connectivity index (χ0n) is 12.8. The fourth-order valence-electron chi connectivity index (χ4n) is 2.22. The van der Waals surface area contributed by atoms with Crippen LogP contribution in [0.1, 0.15) is 36.7 Å².